The highest BCUT2D eigenvalue weighted by Gasteiger charge is 2.43. The molecule has 1 amide bonds. The second-order valence-corrected chi connectivity index (χ2v) is 7.83. The topological polar surface area (TPSA) is 123 Å². The first-order valence-electron chi connectivity index (χ1n) is 10.3. The number of carbonyl (C=O) groups is 1. The molecule has 1 saturated heterocycles. The monoisotopic (exact) mass is 437 g/mol. The lowest BCUT2D eigenvalue weighted by molar-refractivity contribution is -0.170. The lowest BCUT2D eigenvalue weighted by Gasteiger charge is -2.39. The lowest BCUT2D eigenvalue weighted by Crippen LogP contribution is -2.46. The molecule has 2 aromatic heterocycles. The molecular weight excluding hydrogens is 413 g/mol. The molecule has 0 spiro atoms. The average Bonchev–Trinajstić information content (AvgIpc) is 2.81. The van der Waals surface area contributed by atoms with Gasteiger partial charge < -0.3 is 20.9 Å². The molecule has 0 aliphatic carbocycles. The second-order valence-electron chi connectivity index (χ2n) is 7.83. The van der Waals surface area contributed by atoms with Gasteiger partial charge in [0, 0.05) is 23.2 Å². The van der Waals surface area contributed by atoms with Crippen LogP contribution in [0.25, 0.3) is 11.3 Å². The number of carbonyl (C=O) groups excluding carboxylic acids is 1. The SMILES string of the molecule is C[C@@H]1[C@H](O)[C@@H](F)[C@H](c2ccncc2NC(=O)c2nc(-c3ccccc3)cnc2N)O[C@@H]1C. The number of aliphatic hydroxyl groups is 1. The van der Waals surface area contributed by atoms with Crippen molar-refractivity contribution in [3.63, 3.8) is 0 Å². The molecule has 0 radical (unpaired) electrons. The minimum absolute atomic E-state index is 0.0391. The van der Waals surface area contributed by atoms with Gasteiger partial charge in [-0.3, -0.25) is 9.78 Å². The normalized spacial score (nSPS) is 25.3. The van der Waals surface area contributed by atoms with E-state index in [1.165, 1.54) is 18.6 Å². The highest BCUT2D eigenvalue weighted by molar-refractivity contribution is 6.06. The number of nitrogens with one attached hydrogen (secondary N) is 1. The number of halogens is 1. The summed E-state index contributed by atoms with van der Waals surface area (Å²) in [5.74, 6) is -1.02. The van der Waals surface area contributed by atoms with Gasteiger partial charge in [-0.2, -0.15) is 0 Å². The summed E-state index contributed by atoms with van der Waals surface area (Å²) >= 11 is 0. The molecule has 9 heteroatoms. The van der Waals surface area contributed by atoms with Gasteiger partial charge in [0.2, 0.25) is 0 Å². The number of alkyl halides is 1. The van der Waals surface area contributed by atoms with E-state index >= 15 is 0 Å². The Hall–Kier alpha value is -3.43. The number of amides is 1. The van der Waals surface area contributed by atoms with Gasteiger partial charge in [0.25, 0.3) is 5.91 Å². The molecule has 3 heterocycles. The maximum Gasteiger partial charge on any atom is 0.278 e. The number of nitrogens with zero attached hydrogens (tertiary/aromatic N) is 3. The Labute approximate surface area is 184 Å². The van der Waals surface area contributed by atoms with E-state index in [0.29, 0.717) is 11.3 Å². The Morgan fingerprint density at radius 3 is 2.69 bits per heavy atom. The Morgan fingerprint density at radius 2 is 1.94 bits per heavy atom. The smallest absolute Gasteiger partial charge is 0.278 e. The molecule has 4 N–H and O–H groups in total. The number of pyridine rings is 1. The molecule has 8 nitrogen and oxygen atoms in total. The van der Waals surface area contributed by atoms with Crippen molar-refractivity contribution in [1.29, 1.82) is 0 Å². The first-order chi connectivity index (χ1) is 15.4. The van der Waals surface area contributed by atoms with Crippen LogP contribution in [0.1, 0.15) is 36.0 Å². The Kier molecular flexibility index (Phi) is 6.11. The van der Waals surface area contributed by atoms with Crippen LogP contribution in [0.3, 0.4) is 0 Å². The van der Waals surface area contributed by atoms with Crippen LogP contribution in [0.15, 0.2) is 55.0 Å². The molecule has 3 aromatic rings. The quantitative estimate of drug-likeness (QED) is 0.573. The zero-order chi connectivity index (χ0) is 22.8. The first-order valence-corrected chi connectivity index (χ1v) is 10.3. The number of hydrogen-bond acceptors (Lipinski definition) is 7. The number of aromatic nitrogens is 3. The predicted molar refractivity (Wildman–Crippen MR) is 117 cm³/mol. The summed E-state index contributed by atoms with van der Waals surface area (Å²) in [6, 6.07) is 10.8. The van der Waals surface area contributed by atoms with E-state index in [1.807, 2.05) is 30.3 Å². The highest BCUT2D eigenvalue weighted by atomic mass is 19.1. The van der Waals surface area contributed by atoms with Gasteiger partial charge in [0.1, 0.15) is 6.10 Å². The Bertz CT molecular complexity index is 1110. The number of nitrogens with two attached hydrogens (primary N) is 1. The molecule has 32 heavy (non-hydrogen) atoms. The molecular formula is C23H24FN5O3. The summed E-state index contributed by atoms with van der Waals surface area (Å²) in [5, 5.41) is 13.0. The van der Waals surface area contributed by atoms with Crippen LogP contribution in [0, 0.1) is 5.92 Å². The van der Waals surface area contributed by atoms with Crippen LogP contribution >= 0.6 is 0 Å². The minimum atomic E-state index is -1.66. The Balaban J connectivity index is 1.63. The minimum Gasteiger partial charge on any atom is -0.390 e. The lowest BCUT2D eigenvalue weighted by atomic mass is 9.87. The number of nitrogen functional groups attached to an aromatic ring is 1. The van der Waals surface area contributed by atoms with E-state index < -0.39 is 24.3 Å². The maximum absolute atomic E-state index is 14.9. The summed E-state index contributed by atoms with van der Waals surface area (Å²) in [4.78, 5) is 25.5. The zero-order valence-electron chi connectivity index (χ0n) is 17.6. The van der Waals surface area contributed by atoms with Gasteiger partial charge in [0.05, 0.1) is 36.0 Å². The van der Waals surface area contributed by atoms with Gasteiger partial charge in [-0.05, 0) is 13.0 Å². The first kappa shape index (κ1) is 21.8. The summed E-state index contributed by atoms with van der Waals surface area (Å²) in [6.07, 6.45) is 0.0693. The summed E-state index contributed by atoms with van der Waals surface area (Å²) in [5.41, 5.74) is 7.72. The highest BCUT2D eigenvalue weighted by Crippen LogP contribution is 2.39. The van der Waals surface area contributed by atoms with Crippen molar-refractivity contribution in [2.45, 2.75) is 38.3 Å². The summed E-state index contributed by atoms with van der Waals surface area (Å²) in [7, 11) is 0. The number of anilines is 2. The van der Waals surface area contributed by atoms with Crippen LogP contribution in [0.5, 0.6) is 0 Å². The van der Waals surface area contributed by atoms with E-state index in [1.54, 1.807) is 19.9 Å². The fourth-order valence-corrected chi connectivity index (χ4v) is 3.67. The fraction of sp³-hybridized carbons (Fsp3) is 0.304. The third kappa shape index (κ3) is 4.17. The molecule has 1 aliphatic heterocycles. The Morgan fingerprint density at radius 1 is 1.19 bits per heavy atom. The molecule has 0 unspecified atom stereocenters. The van der Waals surface area contributed by atoms with E-state index in [-0.39, 0.29) is 29.2 Å². The molecule has 1 aromatic carbocycles. The van der Waals surface area contributed by atoms with Gasteiger partial charge in [0.15, 0.2) is 17.7 Å². The van der Waals surface area contributed by atoms with E-state index in [9.17, 15) is 14.3 Å². The molecule has 1 aliphatic rings. The van der Waals surface area contributed by atoms with E-state index in [2.05, 4.69) is 20.3 Å². The maximum atomic E-state index is 14.9. The van der Waals surface area contributed by atoms with Crippen LogP contribution in [-0.4, -0.2) is 44.3 Å². The van der Waals surface area contributed by atoms with Crippen molar-refractivity contribution in [1.82, 2.24) is 15.0 Å². The fourth-order valence-electron chi connectivity index (χ4n) is 3.67. The number of aliphatic hydroxyl groups excluding tert-OH is 1. The molecule has 0 saturated carbocycles. The second kappa shape index (κ2) is 8.97. The van der Waals surface area contributed by atoms with Gasteiger partial charge in [-0.1, -0.05) is 37.3 Å². The largest absolute Gasteiger partial charge is 0.390 e. The van der Waals surface area contributed by atoms with E-state index in [0.717, 1.165) is 5.56 Å². The van der Waals surface area contributed by atoms with Crippen molar-refractivity contribution in [3.8, 4) is 11.3 Å². The molecule has 1 fully saturated rings. The number of benzene rings is 1. The third-order valence-corrected chi connectivity index (χ3v) is 5.75. The van der Waals surface area contributed by atoms with Crippen molar-refractivity contribution in [2.24, 2.45) is 5.92 Å². The van der Waals surface area contributed by atoms with Crippen LogP contribution in [-0.2, 0) is 4.74 Å². The van der Waals surface area contributed by atoms with Crippen LogP contribution < -0.4 is 11.1 Å². The summed E-state index contributed by atoms with van der Waals surface area (Å²) < 4.78 is 20.8. The molecule has 166 valence electrons. The number of hydrogen-bond donors (Lipinski definition) is 3. The van der Waals surface area contributed by atoms with Crippen LogP contribution in [0.2, 0.25) is 0 Å². The van der Waals surface area contributed by atoms with Gasteiger partial charge in [-0.25, -0.2) is 14.4 Å². The molecule has 0 bridgehead atoms. The summed E-state index contributed by atoms with van der Waals surface area (Å²) in [6.45, 7) is 3.51. The number of rotatable bonds is 4. The van der Waals surface area contributed by atoms with Crippen molar-refractivity contribution >= 4 is 17.4 Å². The van der Waals surface area contributed by atoms with E-state index in [4.69, 9.17) is 10.5 Å². The van der Waals surface area contributed by atoms with Gasteiger partial charge in [-0.15, -0.1) is 0 Å². The van der Waals surface area contributed by atoms with Crippen LogP contribution in [0.4, 0.5) is 15.9 Å². The number of ether oxygens (including phenoxy) is 1. The zero-order valence-corrected chi connectivity index (χ0v) is 17.6. The van der Waals surface area contributed by atoms with Gasteiger partial charge >= 0.3 is 0 Å². The standard InChI is InChI=1S/C23H24FN5O3/c1-12-13(2)32-21(18(24)20(12)30)15-8-9-26-10-17(15)29-23(31)19-22(25)27-11-16(28-19)14-6-4-3-5-7-14/h3-13,18,20-21,30H,1-2H3,(H2,25,27)(H,29,31)/t12-,13+,18+,20-,21-/m0/s1. The average molecular weight is 437 g/mol. The predicted octanol–water partition coefficient (Wildman–Crippen LogP) is 3.17. The molecule has 5 atom stereocenters. The molecule has 4 rings (SSSR count). The third-order valence-electron chi connectivity index (χ3n) is 5.75. The van der Waals surface area contributed by atoms with Crippen molar-refractivity contribution < 1.29 is 19.0 Å². The van der Waals surface area contributed by atoms with Crippen molar-refractivity contribution in [2.75, 3.05) is 11.1 Å². The van der Waals surface area contributed by atoms with Crippen molar-refractivity contribution in [3.05, 3.63) is 66.2 Å².